The number of hydrogen-bond acceptors (Lipinski definition) is 5. The summed E-state index contributed by atoms with van der Waals surface area (Å²) >= 11 is 0. The van der Waals surface area contributed by atoms with Gasteiger partial charge >= 0.3 is 0 Å². The number of nitriles is 1. The number of fused-ring (bicyclic) bond motifs is 1. The molecule has 0 saturated carbocycles. The van der Waals surface area contributed by atoms with Gasteiger partial charge in [0.15, 0.2) is 5.65 Å². The van der Waals surface area contributed by atoms with E-state index in [0.717, 1.165) is 34.5 Å². The van der Waals surface area contributed by atoms with Gasteiger partial charge in [-0.3, -0.25) is 0 Å². The van der Waals surface area contributed by atoms with Crippen LogP contribution in [0, 0.1) is 37.0 Å². The highest BCUT2D eigenvalue weighted by Crippen LogP contribution is 2.30. The monoisotopic (exact) mass is 374 g/mol. The first-order chi connectivity index (χ1) is 13.4. The minimum absolute atomic E-state index is 0.442. The van der Waals surface area contributed by atoms with E-state index in [-0.39, 0.29) is 0 Å². The van der Waals surface area contributed by atoms with E-state index in [9.17, 15) is 5.26 Å². The summed E-state index contributed by atoms with van der Waals surface area (Å²) in [5.41, 5.74) is 5.45. The molecule has 0 bridgehead atoms. The van der Waals surface area contributed by atoms with Crippen LogP contribution in [0.25, 0.3) is 22.3 Å². The second kappa shape index (κ2) is 8.35. The molecule has 5 nitrogen and oxygen atoms in total. The maximum atomic E-state index is 9.62. The van der Waals surface area contributed by atoms with Crippen molar-refractivity contribution >= 4 is 11.2 Å². The second-order valence-corrected chi connectivity index (χ2v) is 7.79. The number of benzene rings is 1. The van der Waals surface area contributed by atoms with Gasteiger partial charge in [-0.25, -0.2) is 15.0 Å². The van der Waals surface area contributed by atoms with Crippen LogP contribution in [0.3, 0.4) is 0 Å². The molecule has 0 saturated heterocycles. The van der Waals surface area contributed by atoms with Crippen molar-refractivity contribution in [3.63, 3.8) is 0 Å². The van der Waals surface area contributed by atoms with Crippen molar-refractivity contribution in [1.29, 1.82) is 5.26 Å². The van der Waals surface area contributed by atoms with Crippen LogP contribution in [0.15, 0.2) is 30.5 Å². The fourth-order valence-electron chi connectivity index (χ4n) is 3.37. The minimum atomic E-state index is 0.442. The summed E-state index contributed by atoms with van der Waals surface area (Å²) in [7, 11) is 0. The highest BCUT2D eigenvalue weighted by molar-refractivity contribution is 5.89. The number of hydrogen-bond donors (Lipinski definition) is 0. The third-order valence-corrected chi connectivity index (χ3v) is 4.79. The number of pyridine rings is 1. The highest BCUT2D eigenvalue weighted by atomic mass is 16.5. The average Bonchev–Trinajstić information content (AvgIpc) is 2.66. The smallest absolute Gasteiger partial charge is 0.179 e. The van der Waals surface area contributed by atoms with E-state index in [1.807, 2.05) is 38.1 Å². The molecule has 3 aromatic rings. The van der Waals surface area contributed by atoms with E-state index >= 15 is 0 Å². The largest absolute Gasteiger partial charge is 0.492 e. The highest BCUT2D eigenvalue weighted by Gasteiger charge is 2.13. The number of aryl methyl sites for hydroxylation is 2. The van der Waals surface area contributed by atoms with Crippen molar-refractivity contribution in [3.05, 3.63) is 47.4 Å². The predicted molar refractivity (Wildman–Crippen MR) is 111 cm³/mol. The molecule has 144 valence electrons. The lowest BCUT2D eigenvalue weighted by molar-refractivity contribution is 0.238. The Balaban J connectivity index is 1.94. The Hall–Kier alpha value is -3.00. The molecule has 1 atom stereocenters. The van der Waals surface area contributed by atoms with Gasteiger partial charge in [-0.2, -0.15) is 5.26 Å². The number of ether oxygens (including phenoxy) is 1. The van der Waals surface area contributed by atoms with Gasteiger partial charge in [-0.05, 0) is 55.9 Å². The Morgan fingerprint density at radius 1 is 1.07 bits per heavy atom. The molecule has 0 aliphatic heterocycles. The van der Waals surface area contributed by atoms with Crippen LogP contribution in [0.2, 0.25) is 0 Å². The first kappa shape index (κ1) is 19.8. The van der Waals surface area contributed by atoms with Crippen LogP contribution >= 0.6 is 0 Å². The summed E-state index contributed by atoms with van der Waals surface area (Å²) in [6.07, 6.45) is 2.82. The van der Waals surface area contributed by atoms with Gasteiger partial charge in [0.05, 0.1) is 23.6 Å². The number of rotatable bonds is 6. The van der Waals surface area contributed by atoms with Gasteiger partial charge in [-0.1, -0.05) is 26.8 Å². The zero-order valence-corrected chi connectivity index (χ0v) is 17.2. The Morgan fingerprint density at radius 3 is 2.54 bits per heavy atom. The van der Waals surface area contributed by atoms with E-state index in [4.69, 9.17) is 4.74 Å². The van der Waals surface area contributed by atoms with Crippen molar-refractivity contribution in [2.24, 2.45) is 11.8 Å². The summed E-state index contributed by atoms with van der Waals surface area (Å²) in [5, 5.41) is 9.62. The molecule has 0 aliphatic rings. The lowest BCUT2D eigenvalue weighted by Crippen LogP contribution is -2.11. The fraction of sp³-hybridized carbons (Fsp3) is 0.391. The first-order valence-corrected chi connectivity index (χ1v) is 9.66. The maximum absolute atomic E-state index is 9.62. The molecule has 0 fully saturated rings. The predicted octanol–water partition coefficient (Wildman–Crippen LogP) is 5.24. The Kier molecular flexibility index (Phi) is 5.89. The summed E-state index contributed by atoms with van der Waals surface area (Å²) in [6, 6.07) is 9.87. The summed E-state index contributed by atoms with van der Waals surface area (Å²) in [6.45, 7) is 11.1. The fourth-order valence-corrected chi connectivity index (χ4v) is 3.37. The van der Waals surface area contributed by atoms with E-state index < -0.39 is 0 Å². The maximum Gasteiger partial charge on any atom is 0.179 e. The van der Waals surface area contributed by atoms with E-state index in [1.54, 1.807) is 6.20 Å². The number of aromatic nitrogens is 3. The molecule has 0 radical (unpaired) electrons. The van der Waals surface area contributed by atoms with E-state index in [2.05, 4.69) is 41.8 Å². The van der Waals surface area contributed by atoms with Crippen LogP contribution in [-0.2, 0) is 0 Å². The van der Waals surface area contributed by atoms with Crippen LogP contribution in [0.1, 0.15) is 44.1 Å². The van der Waals surface area contributed by atoms with E-state index in [0.29, 0.717) is 35.4 Å². The lowest BCUT2D eigenvalue weighted by atomic mass is 9.99. The molecular formula is C23H26N4O. The Bertz CT molecular complexity index is 1040. The van der Waals surface area contributed by atoms with Crippen molar-refractivity contribution in [2.75, 3.05) is 6.61 Å². The molecule has 0 spiro atoms. The first-order valence-electron chi connectivity index (χ1n) is 9.66. The third kappa shape index (κ3) is 4.28. The Morgan fingerprint density at radius 2 is 1.82 bits per heavy atom. The summed E-state index contributed by atoms with van der Waals surface area (Å²) in [4.78, 5) is 13.5. The van der Waals surface area contributed by atoms with Gasteiger partial charge in [0.2, 0.25) is 0 Å². The molecular weight excluding hydrogens is 348 g/mol. The topological polar surface area (TPSA) is 71.7 Å². The molecule has 5 heteroatoms. The summed E-state index contributed by atoms with van der Waals surface area (Å²) in [5.74, 6) is 1.69. The van der Waals surface area contributed by atoms with Crippen LogP contribution in [-0.4, -0.2) is 21.6 Å². The summed E-state index contributed by atoms with van der Waals surface area (Å²) < 4.78 is 5.94. The molecule has 0 amide bonds. The van der Waals surface area contributed by atoms with Gasteiger partial charge in [0.25, 0.3) is 0 Å². The molecule has 0 unspecified atom stereocenters. The molecule has 0 aliphatic carbocycles. The van der Waals surface area contributed by atoms with Crippen molar-refractivity contribution in [2.45, 2.75) is 41.0 Å². The van der Waals surface area contributed by atoms with Crippen LogP contribution in [0.5, 0.6) is 5.75 Å². The molecule has 28 heavy (non-hydrogen) atoms. The SMILES string of the molecule is Cc1nc2nccc(-c3ccc(OC[C@H](C)CC(C)C)c(C#N)c3)c2nc1C. The van der Waals surface area contributed by atoms with Crippen molar-refractivity contribution < 1.29 is 4.74 Å². The quantitative estimate of drug-likeness (QED) is 0.590. The molecule has 3 rings (SSSR count). The zero-order valence-electron chi connectivity index (χ0n) is 17.2. The van der Waals surface area contributed by atoms with E-state index in [1.165, 1.54) is 0 Å². The number of nitrogens with zero attached hydrogens (tertiary/aromatic N) is 4. The average molecular weight is 374 g/mol. The normalized spacial score (nSPS) is 12.2. The molecule has 0 N–H and O–H groups in total. The minimum Gasteiger partial charge on any atom is -0.492 e. The van der Waals surface area contributed by atoms with Crippen molar-refractivity contribution in [3.8, 4) is 22.9 Å². The van der Waals surface area contributed by atoms with Crippen LogP contribution < -0.4 is 4.74 Å². The third-order valence-electron chi connectivity index (χ3n) is 4.79. The van der Waals surface area contributed by atoms with Crippen molar-refractivity contribution in [1.82, 2.24) is 15.0 Å². The standard InChI is InChI=1S/C23H26N4O/c1-14(2)10-15(3)13-28-21-7-6-18(11-19(21)12-24)20-8-9-25-23-22(20)26-16(4)17(5)27-23/h6-9,11,14-15H,10,13H2,1-5H3/t15-/m1/s1. The Labute approximate surface area is 166 Å². The lowest BCUT2D eigenvalue weighted by Gasteiger charge is -2.16. The van der Waals surface area contributed by atoms with Gasteiger partial charge in [-0.15, -0.1) is 0 Å². The van der Waals surface area contributed by atoms with Gasteiger partial charge in [0, 0.05) is 11.8 Å². The zero-order chi connectivity index (χ0) is 20.3. The molecule has 2 aromatic heterocycles. The van der Waals surface area contributed by atoms with Crippen LogP contribution in [0.4, 0.5) is 0 Å². The second-order valence-electron chi connectivity index (χ2n) is 7.79. The van der Waals surface area contributed by atoms with Gasteiger partial charge in [0.1, 0.15) is 17.3 Å². The molecule has 2 heterocycles. The van der Waals surface area contributed by atoms with Gasteiger partial charge < -0.3 is 4.74 Å². The molecule has 1 aromatic carbocycles.